The maximum absolute atomic E-state index is 11.4. The molecule has 0 amide bonds. The molecule has 124 valence electrons. The molecule has 23 heavy (non-hydrogen) atoms. The molecule has 1 fully saturated rings. The van der Waals surface area contributed by atoms with E-state index >= 15 is 0 Å². The minimum Gasteiger partial charge on any atom is -0.463 e. The van der Waals surface area contributed by atoms with Crippen molar-refractivity contribution in [3.63, 3.8) is 0 Å². The largest absolute Gasteiger partial charge is 0.463 e. The number of non-ortho nitro benzene ring substituents is 1. The normalized spacial score (nSPS) is 15.4. The zero-order valence-corrected chi connectivity index (χ0v) is 13.0. The number of esters is 1. The number of nitro benzene ring substituents is 1. The van der Waals surface area contributed by atoms with Gasteiger partial charge in [-0.2, -0.15) is 0 Å². The Bertz CT molecular complexity index is 592. The number of piperazine rings is 1. The first-order chi connectivity index (χ1) is 11.0. The first-order valence-electron chi connectivity index (χ1n) is 7.39. The standard InChI is InChI=1S/C15H20N4O4/c1-2-23-15(20)11-14(16)18-9-7-17(8-10-18)12-3-5-13(6-4-12)19(21)22/h3-6,11H,2,7-10,16H2,1H3/b14-11+. The third-order valence-electron chi connectivity index (χ3n) is 3.62. The molecule has 0 spiro atoms. The summed E-state index contributed by atoms with van der Waals surface area (Å²) in [5, 5.41) is 10.7. The van der Waals surface area contributed by atoms with E-state index in [-0.39, 0.29) is 5.69 Å². The molecule has 8 nitrogen and oxygen atoms in total. The second kappa shape index (κ2) is 7.48. The molecule has 0 bridgehead atoms. The second-order valence-corrected chi connectivity index (χ2v) is 5.07. The number of nitrogens with two attached hydrogens (primary N) is 1. The highest BCUT2D eigenvalue weighted by molar-refractivity contribution is 5.82. The molecule has 0 saturated carbocycles. The van der Waals surface area contributed by atoms with Gasteiger partial charge >= 0.3 is 5.97 Å². The van der Waals surface area contributed by atoms with Crippen LogP contribution in [0.25, 0.3) is 0 Å². The highest BCUT2D eigenvalue weighted by Crippen LogP contribution is 2.21. The fourth-order valence-corrected chi connectivity index (χ4v) is 2.40. The van der Waals surface area contributed by atoms with Gasteiger partial charge in [0.15, 0.2) is 0 Å². The number of ether oxygens (including phenoxy) is 1. The SMILES string of the molecule is CCOC(=O)/C=C(\N)N1CCN(c2ccc([N+](=O)[O-])cc2)CC1. The number of nitro groups is 1. The van der Waals surface area contributed by atoms with Gasteiger partial charge in [0, 0.05) is 44.0 Å². The zero-order chi connectivity index (χ0) is 16.8. The topological polar surface area (TPSA) is 102 Å². The van der Waals surface area contributed by atoms with Crippen LogP contribution < -0.4 is 10.6 Å². The van der Waals surface area contributed by atoms with Gasteiger partial charge in [-0.05, 0) is 19.1 Å². The fraction of sp³-hybridized carbons (Fsp3) is 0.400. The predicted molar refractivity (Wildman–Crippen MR) is 85.8 cm³/mol. The van der Waals surface area contributed by atoms with E-state index in [1.807, 2.05) is 4.90 Å². The van der Waals surface area contributed by atoms with Crippen LogP contribution in [0, 0.1) is 10.1 Å². The lowest BCUT2D eigenvalue weighted by atomic mass is 10.2. The quantitative estimate of drug-likeness (QED) is 0.375. The highest BCUT2D eigenvalue weighted by atomic mass is 16.6. The summed E-state index contributed by atoms with van der Waals surface area (Å²) >= 11 is 0. The Hall–Kier alpha value is -2.77. The third kappa shape index (κ3) is 4.35. The van der Waals surface area contributed by atoms with Crippen LogP contribution in [-0.4, -0.2) is 48.6 Å². The van der Waals surface area contributed by atoms with Gasteiger partial charge in [-0.25, -0.2) is 4.79 Å². The van der Waals surface area contributed by atoms with E-state index < -0.39 is 10.9 Å². The minimum atomic E-state index is -0.442. The smallest absolute Gasteiger partial charge is 0.334 e. The van der Waals surface area contributed by atoms with Gasteiger partial charge in [-0.1, -0.05) is 0 Å². The van der Waals surface area contributed by atoms with Gasteiger partial charge in [0.1, 0.15) is 5.82 Å². The number of hydrogen-bond acceptors (Lipinski definition) is 7. The van der Waals surface area contributed by atoms with Crippen molar-refractivity contribution in [2.24, 2.45) is 5.73 Å². The summed E-state index contributed by atoms with van der Waals surface area (Å²) in [5.41, 5.74) is 6.92. The molecular formula is C15H20N4O4. The Morgan fingerprint density at radius 2 is 1.91 bits per heavy atom. The van der Waals surface area contributed by atoms with Gasteiger partial charge in [0.2, 0.25) is 0 Å². The van der Waals surface area contributed by atoms with Gasteiger partial charge in [-0.3, -0.25) is 10.1 Å². The number of rotatable bonds is 5. The first kappa shape index (κ1) is 16.6. The van der Waals surface area contributed by atoms with E-state index in [0.29, 0.717) is 25.5 Å². The number of anilines is 1. The fourth-order valence-electron chi connectivity index (χ4n) is 2.40. The van der Waals surface area contributed by atoms with Crippen LogP contribution in [0.3, 0.4) is 0 Å². The molecular weight excluding hydrogens is 300 g/mol. The molecule has 0 atom stereocenters. The summed E-state index contributed by atoms with van der Waals surface area (Å²) < 4.78 is 4.84. The summed E-state index contributed by atoms with van der Waals surface area (Å²) in [7, 11) is 0. The minimum absolute atomic E-state index is 0.0778. The molecule has 1 aliphatic heterocycles. The number of nitrogens with zero attached hydrogens (tertiary/aromatic N) is 3. The predicted octanol–water partition coefficient (Wildman–Crippen LogP) is 1.08. The van der Waals surface area contributed by atoms with Crippen molar-refractivity contribution in [1.29, 1.82) is 0 Å². The van der Waals surface area contributed by atoms with E-state index in [4.69, 9.17) is 10.5 Å². The Morgan fingerprint density at radius 1 is 1.30 bits per heavy atom. The maximum Gasteiger partial charge on any atom is 0.334 e. The monoisotopic (exact) mass is 320 g/mol. The lowest BCUT2D eigenvalue weighted by Gasteiger charge is -2.37. The van der Waals surface area contributed by atoms with Crippen LogP contribution >= 0.6 is 0 Å². The second-order valence-electron chi connectivity index (χ2n) is 5.07. The summed E-state index contributed by atoms with van der Waals surface area (Å²) in [6.07, 6.45) is 1.30. The summed E-state index contributed by atoms with van der Waals surface area (Å²) in [4.78, 5) is 25.7. The molecule has 1 saturated heterocycles. The molecule has 2 N–H and O–H groups in total. The number of benzene rings is 1. The maximum atomic E-state index is 11.4. The van der Waals surface area contributed by atoms with Gasteiger partial charge in [0.05, 0.1) is 17.6 Å². The molecule has 2 rings (SSSR count). The summed E-state index contributed by atoms with van der Waals surface area (Å²) in [6, 6.07) is 6.48. The Balaban J connectivity index is 1.93. The van der Waals surface area contributed by atoms with Crippen LogP contribution in [-0.2, 0) is 9.53 Å². The average molecular weight is 320 g/mol. The van der Waals surface area contributed by atoms with Crippen molar-refractivity contribution in [3.05, 3.63) is 46.3 Å². The van der Waals surface area contributed by atoms with Crippen LogP contribution in [0.15, 0.2) is 36.2 Å². The molecule has 0 radical (unpaired) electrons. The number of carbonyl (C=O) groups excluding carboxylic acids is 1. The van der Waals surface area contributed by atoms with Gasteiger partial charge in [0.25, 0.3) is 5.69 Å². The van der Waals surface area contributed by atoms with Crippen molar-refractivity contribution in [2.75, 3.05) is 37.7 Å². The number of carbonyl (C=O) groups is 1. The molecule has 1 aliphatic rings. The molecule has 1 heterocycles. The molecule has 1 aromatic rings. The van der Waals surface area contributed by atoms with Crippen LogP contribution in [0.1, 0.15) is 6.92 Å². The van der Waals surface area contributed by atoms with Crippen LogP contribution in [0.5, 0.6) is 0 Å². The Labute approximate surface area is 134 Å². The average Bonchev–Trinajstić information content (AvgIpc) is 2.55. The highest BCUT2D eigenvalue weighted by Gasteiger charge is 2.19. The zero-order valence-electron chi connectivity index (χ0n) is 13.0. The van der Waals surface area contributed by atoms with Gasteiger partial charge < -0.3 is 20.3 Å². The van der Waals surface area contributed by atoms with E-state index in [1.165, 1.54) is 18.2 Å². The van der Waals surface area contributed by atoms with E-state index in [0.717, 1.165) is 18.8 Å². The first-order valence-corrected chi connectivity index (χ1v) is 7.39. The Kier molecular flexibility index (Phi) is 5.40. The summed E-state index contributed by atoms with van der Waals surface area (Å²) in [5.74, 6) is -0.0467. The third-order valence-corrected chi connectivity index (χ3v) is 3.62. The molecule has 0 unspecified atom stereocenters. The lowest BCUT2D eigenvalue weighted by molar-refractivity contribution is -0.384. The van der Waals surface area contributed by atoms with E-state index in [1.54, 1.807) is 19.1 Å². The molecule has 1 aromatic carbocycles. The van der Waals surface area contributed by atoms with E-state index in [9.17, 15) is 14.9 Å². The molecule has 0 aromatic heterocycles. The lowest BCUT2D eigenvalue weighted by Crippen LogP contribution is -2.47. The Morgan fingerprint density at radius 3 is 2.43 bits per heavy atom. The summed E-state index contributed by atoms with van der Waals surface area (Å²) in [6.45, 7) is 4.82. The van der Waals surface area contributed by atoms with Crippen molar-refractivity contribution < 1.29 is 14.5 Å². The van der Waals surface area contributed by atoms with Gasteiger partial charge in [-0.15, -0.1) is 0 Å². The van der Waals surface area contributed by atoms with Crippen molar-refractivity contribution in [3.8, 4) is 0 Å². The van der Waals surface area contributed by atoms with Crippen LogP contribution in [0.4, 0.5) is 11.4 Å². The molecule has 8 heteroatoms. The number of hydrogen-bond donors (Lipinski definition) is 1. The van der Waals surface area contributed by atoms with Crippen molar-refractivity contribution >= 4 is 17.3 Å². The molecule has 0 aliphatic carbocycles. The van der Waals surface area contributed by atoms with Crippen molar-refractivity contribution in [2.45, 2.75) is 6.92 Å². The van der Waals surface area contributed by atoms with Crippen molar-refractivity contribution in [1.82, 2.24) is 4.90 Å². The van der Waals surface area contributed by atoms with Crippen LogP contribution in [0.2, 0.25) is 0 Å². The van der Waals surface area contributed by atoms with E-state index in [2.05, 4.69) is 4.90 Å².